The molecule has 31 heavy (non-hydrogen) atoms. The molecule has 0 atom stereocenters. The van der Waals surface area contributed by atoms with Gasteiger partial charge in [-0.1, -0.05) is 49.4 Å². The zero-order valence-corrected chi connectivity index (χ0v) is 20.0. The summed E-state index contributed by atoms with van der Waals surface area (Å²) in [7, 11) is 0. The van der Waals surface area contributed by atoms with Crippen LogP contribution < -0.4 is 4.80 Å². The van der Waals surface area contributed by atoms with Gasteiger partial charge in [0.1, 0.15) is 0 Å². The summed E-state index contributed by atoms with van der Waals surface area (Å²) in [6.07, 6.45) is 2.32. The number of carbonyl (C=O) groups is 2. The Labute approximate surface area is 191 Å². The minimum Gasteiger partial charge on any atom is -0.462 e. The van der Waals surface area contributed by atoms with E-state index in [0.717, 1.165) is 28.1 Å². The zero-order valence-electron chi connectivity index (χ0n) is 18.4. The number of esters is 1. The quantitative estimate of drug-likeness (QED) is 0.446. The Kier molecular flexibility index (Phi) is 8.09. The Morgan fingerprint density at radius 3 is 2.55 bits per heavy atom. The number of thiazole rings is 1. The second-order valence-electron chi connectivity index (χ2n) is 7.51. The third-order valence-electron chi connectivity index (χ3n) is 4.93. The monoisotopic (exact) mass is 456 g/mol. The summed E-state index contributed by atoms with van der Waals surface area (Å²) in [6.45, 7) is 7.17. The van der Waals surface area contributed by atoms with Crippen LogP contribution in [0.5, 0.6) is 0 Å². The number of fused-ring (bicyclic) bond motifs is 1. The summed E-state index contributed by atoms with van der Waals surface area (Å²) in [6, 6.07) is 13.6. The summed E-state index contributed by atoms with van der Waals surface area (Å²) < 4.78 is 8.09. The number of aromatic nitrogens is 1. The molecule has 3 aromatic rings. The number of nitrogens with zero attached hydrogens (tertiary/aromatic N) is 2. The Morgan fingerprint density at radius 2 is 1.90 bits per heavy atom. The van der Waals surface area contributed by atoms with Crippen LogP contribution in [-0.4, -0.2) is 35.1 Å². The fraction of sp³-hybridized carbons (Fsp3) is 0.375. The first kappa shape index (κ1) is 23.3. The van der Waals surface area contributed by atoms with Crippen molar-refractivity contribution in [3.05, 3.63) is 64.0 Å². The first-order chi connectivity index (χ1) is 14.9. The van der Waals surface area contributed by atoms with Gasteiger partial charge in [0.05, 0.1) is 28.8 Å². The molecule has 164 valence electrons. The van der Waals surface area contributed by atoms with E-state index >= 15 is 0 Å². The molecular weight excluding hydrogens is 428 g/mol. The highest BCUT2D eigenvalue weighted by Gasteiger charge is 2.13. The van der Waals surface area contributed by atoms with Crippen molar-refractivity contribution in [2.24, 2.45) is 4.99 Å². The number of thioether (sulfide) groups is 1. The predicted octanol–water partition coefficient (Wildman–Crippen LogP) is 5.04. The van der Waals surface area contributed by atoms with Crippen LogP contribution in [-0.2, 0) is 22.5 Å². The maximum atomic E-state index is 12.7. The van der Waals surface area contributed by atoms with E-state index in [2.05, 4.69) is 41.8 Å². The summed E-state index contributed by atoms with van der Waals surface area (Å²) in [5.41, 5.74) is 3.69. The molecule has 1 aromatic heterocycles. The molecule has 0 saturated heterocycles. The van der Waals surface area contributed by atoms with Crippen LogP contribution in [0, 0.1) is 0 Å². The highest BCUT2D eigenvalue weighted by molar-refractivity contribution is 7.98. The number of benzene rings is 2. The third-order valence-corrected chi connectivity index (χ3v) is 6.57. The van der Waals surface area contributed by atoms with Crippen molar-refractivity contribution in [1.82, 2.24) is 4.57 Å². The molecule has 0 saturated carbocycles. The summed E-state index contributed by atoms with van der Waals surface area (Å²) in [5, 5.41) is 0. The molecule has 0 radical (unpaired) electrons. The van der Waals surface area contributed by atoms with Gasteiger partial charge in [-0.15, -0.1) is 0 Å². The van der Waals surface area contributed by atoms with Gasteiger partial charge in [-0.3, -0.25) is 4.79 Å². The molecule has 0 aliphatic rings. The maximum absolute atomic E-state index is 12.7. The van der Waals surface area contributed by atoms with Gasteiger partial charge in [0, 0.05) is 12.3 Å². The van der Waals surface area contributed by atoms with Gasteiger partial charge in [0.15, 0.2) is 4.80 Å². The minimum atomic E-state index is -0.340. The minimum absolute atomic E-state index is 0.174. The second-order valence-corrected chi connectivity index (χ2v) is 9.51. The van der Waals surface area contributed by atoms with Gasteiger partial charge in [-0.25, -0.2) is 4.79 Å². The standard InChI is InChI=1S/C24H28N2O3S2/c1-5-29-23(28)19-10-11-20-21(15-19)31-24(26(20)12-13-30-4)25-22(27)14-17-6-8-18(9-7-17)16(2)3/h6-11,15-16H,5,12-14H2,1-4H3. The van der Waals surface area contributed by atoms with E-state index in [1.54, 1.807) is 24.8 Å². The Hall–Kier alpha value is -2.38. The van der Waals surface area contributed by atoms with Crippen LogP contribution in [0.25, 0.3) is 10.2 Å². The largest absolute Gasteiger partial charge is 0.462 e. The molecule has 1 amide bonds. The van der Waals surface area contributed by atoms with Crippen LogP contribution in [0.15, 0.2) is 47.5 Å². The predicted molar refractivity (Wildman–Crippen MR) is 129 cm³/mol. The molecule has 0 unspecified atom stereocenters. The lowest BCUT2D eigenvalue weighted by atomic mass is 10.0. The Morgan fingerprint density at radius 1 is 1.16 bits per heavy atom. The van der Waals surface area contributed by atoms with Crippen molar-refractivity contribution in [1.29, 1.82) is 0 Å². The van der Waals surface area contributed by atoms with Crippen LogP contribution >= 0.6 is 23.1 Å². The fourth-order valence-electron chi connectivity index (χ4n) is 3.24. The molecule has 2 aromatic carbocycles. The number of carbonyl (C=O) groups excluding carboxylic acids is 2. The lowest BCUT2D eigenvalue weighted by molar-refractivity contribution is -0.117. The average Bonchev–Trinajstić information content (AvgIpc) is 3.08. The van der Waals surface area contributed by atoms with Crippen LogP contribution in [0.2, 0.25) is 0 Å². The molecular formula is C24H28N2O3S2. The summed E-state index contributed by atoms with van der Waals surface area (Å²) >= 11 is 3.17. The number of hydrogen-bond donors (Lipinski definition) is 0. The highest BCUT2D eigenvalue weighted by Crippen LogP contribution is 2.21. The number of hydrogen-bond acceptors (Lipinski definition) is 5. The first-order valence-corrected chi connectivity index (χ1v) is 12.6. The maximum Gasteiger partial charge on any atom is 0.338 e. The average molecular weight is 457 g/mol. The van der Waals surface area contributed by atoms with Gasteiger partial charge in [-0.2, -0.15) is 16.8 Å². The van der Waals surface area contributed by atoms with Crippen LogP contribution in [0.4, 0.5) is 0 Å². The lowest BCUT2D eigenvalue weighted by Gasteiger charge is -2.06. The van der Waals surface area contributed by atoms with Crippen molar-refractivity contribution in [3.8, 4) is 0 Å². The van der Waals surface area contributed by atoms with Crippen molar-refractivity contribution in [2.45, 2.75) is 39.7 Å². The van der Waals surface area contributed by atoms with E-state index in [-0.39, 0.29) is 18.3 Å². The fourth-order valence-corrected chi connectivity index (χ4v) is 4.72. The van der Waals surface area contributed by atoms with Gasteiger partial charge in [0.25, 0.3) is 5.91 Å². The van der Waals surface area contributed by atoms with Crippen molar-refractivity contribution < 1.29 is 14.3 Å². The topological polar surface area (TPSA) is 60.7 Å². The molecule has 0 fully saturated rings. The number of ether oxygens (including phenoxy) is 1. The SMILES string of the molecule is CCOC(=O)c1ccc2c(c1)sc(=NC(=O)Cc1ccc(C(C)C)cc1)n2CCSC. The van der Waals surface area contributed by atoms with E-state index in [4.69, 9.17) is 4.74 Å². The van der Waals surface area contributed by atoms with Gasteiger partial charge >= 0.3 is 5.97 Å². The third kappa shape index (κ3) is 5.86. The van der Waals surface area contributed by atoms with Crippen molar-refractivity contribution in [3.63, 3.8) is 0 Å². The molecule has 1 heterocycles. The van der Waals surface area contributed by atoms with Crippen LogP contribution in [0.1, 0.15) is 48.2 Å². The first-order valence-electron chi connectivity index (χ1n) is 10.4. The molecule has 0 aliphatic carbocycles. The zero-order chi connectivity index (χ0) is 22.4. The number of aryl methyl sites for hydroxylation is 1. The lowest BCUT2D eigenvalue weighted by Crippen LogP contribution is -2.18. The molecule has 0 aliphatic heterocycles. The van der Waals surface area contributed by atoms with Crippen molar-refractivity contribution in [2.75, 3.05) is 18.6 Å². The van der Waals surface area contributed by atoms with Gasteiger partial charge < -0.3 is 9.30 Å². The normalized spacial score (nSPS) is 12.0. The van der Waals surface area contributed by atoms with Crippen LogP contribution in [0.3, 0.4) is 0 Å². The Bertz CT molecular complexity index is 1130. The molecule has 3 rings (SSSR count). The molecule has 0 bridgehead atoms. The summed E-state index contributed by atoms with van der Waals surface area (Å²) in [5.74, 6) is 0.854. The summed E-state index contributed by atoms with van der Waals surface area (Å²) in [4.78, 5) is 29.9. The van der Waals surface area contributed by atoms with Gasteiger partial charge in [-0.05, 0) is 48.4 Å². The molecule has 5 nitrogen and oxygen atoms in total. The molecule has 7 heteroatoms. The second kappa shape index (κ2) is 10.8. The smallest absolute Gasteiger partial charge is 0.338 e. The number of amides is 1. The van der Waals surface area contributed by atoms with E-state index < -0.39 is 0 Å². The number of rotatable bonds is 8. The van der Waals surface area contributed by atoms with E-state index in [1.807, 2.05) is 24.3 Å². The molecule has 0 N–H and O–H groups in total. The van der Waals surface area contributed by atoms with Crippen molar-refractivity contribution >= 4 is 45.2 Å². The molecule has 0 spiro atoms. The highest BCUT2D eigenvalue weighted by atomic mass is 32.2. The van der Waals surface area contributed by atoms with E-state index in [1.165, 1.54) is 16.9 Å². The van der Waals surface area contributed by atoms with E-state index in [0.29, 0.717) is 22.9 Å². The van der Waals surface area contributed by atoms with E-state index in [9.17, 15) is 9.59 Å². The Balaban J connectivity index is 1.93. The van der Waals surface area contributed by atoms with Gasteiger partial charge in [0.2, 0.25) is 0 Å².